The van der Waals surface area contributed by atoms with Crippen molar-refractivity contribution in [2.45, 2.75) is 26.4 Å². The van der Waals surface area contributed by atoms with Gasteiger partial charge in [-0.3, -0.25) is 10.1 Å². The monoisotopic (exact) mass is 306 g/mol. The van der Waals surface area contributed by atoms with Crippen LogP contribution >= 0.6 is 11.3 Å². The summed E-state index contributed by atoms with van der Waals surface area (Å²) < 4.78 is 5.38. The number of methoxy groups -OCH3 is 1. The molecule has 0 saturated heterocycles. The maximum atomic E-state index is 10.7. The van der Waals surface area contributed by atoms with Crippen molar-refractivity contribution in [2.75, 3.05) is 7.11 Å². The summed E-state index contributed by atoms with van der Waals surface area (Å²) in [4.78, 5) is 10.3. The first kappa shape index (κ1) is 15.5. The summed E-state index contributed by atoms with van der Waals surface area (Å²) in [7, 11) is 1.66. The topological polar surface area (TPSA) is 64.4 Å². The van der Waals surface area contributed by atoms with E-state index >= 15 is 0 Å². The number of thiophene rings is 1. The number of aryl methyl sites for hydroxylation is 1. The van der Waals surface area contributed by atoms with Crippen LogP contribution in [-0.2, 0) is 6.54 Å². The fourth-order valence-corrected chi connectivity index (χ4v) is 2.85. The van der Waals surface area contributed by atoms with Crippen molar-refractivity contribution in [1.82, 2.24) is 5.32 Å². The summed E-state index contributed by atoms with van der Waals surface area (Å²) >= 11 is 1.15. The fraction of sp³-hybridized carbons (Fsp3) is 0.333. The molecule has 0 aliphatic carbocycles. The Kier molecular flexibility index (Phi) is 4.93. The molecule has 0 radical (unpaired) electrons. The molecule has 112 valence electrons. The number of ether oxygens (including phenoxy) is 1. The van der Waals surface area contributed by atoms with E-state index in [1.54, 1.807) is 13.2 Å². The van der Waals surface area contributed by atoms with Gasteiger partial charge in [-0.05, 0) is 25.5 Å². The maximum absolute atomic E-state index is 10.7. The van der Waals surface area contributed by atoms with Crippen LogP contribution in [0.25, 0.3) is 0 Å². The molecule has 5 nitrogen and oxygen atoms in total. The van der Waals surface area contributed by atoms with Gasteiger partial charge in [-0.15, -0.1) is 0 Å². The minimum atomic E-state index is -0.360. The van der Waals surface area contributed by atoms with E-state index in [0.29, 0.717) is 6.54 Å². The molecule has 0 amide bonds. The highest BCUT2D eigenvalue weighted by molar-refractivity contribution is 7.13. The fourth-order valence-electron chi connectivity index (χ4n) is 2.12. The smallest absolute Gasteiger partial charge is 0.324 e. The lowest BCUT2D eigenvalue weighted by atomic mass is 10.0. The van der Waals surface area contributed by atoms with Gasteiger partial charge >= 0.3 is 5.00 Å². The quantitative estimate of drug-likeness (QED) is 0.651. The van der Waals surface area contributed by atoms with E-state index in [4.69, 9.17) is 4.74 Å². The summed E-state index contributed by atoms with van der Waals surface area (Å²) in [6, 6.07) is 7.76. The van der Waals surface area contributed by atoms with Crippen LogP contribution in [0.1, 0.15) is 29.7 Å². The average Bonchev–Trinajstić information content (AvgIpc) is 2.94. The van der Waals surface area contributed by atoms with Gasteiger partial charge in [0.1, 0.15) is 5.75 Å². The van der Waals surface area contributed by atoms with Gasteiger partial charge in [0.05, 0.1) is 12.0 Å². The van der Waals surface area contributed by atoms with Crippen LogP contribution in [0.4, 0.5) is 5.00 Å². The maximum Gasteiger partial charge on any atom is 0.324 e. The van der Waals surface area contributed by atoms with Crippen molar-refractivity contribution in [3.05, 3.63) is 56.5 Å². The van der Waals surface area contributed by atoms with Gasteiger partial charge in [0, 0.05) is 29.6 Å². The zero-order valence-corrected chi connectivity index (χ0v) is 13.1. The first-order valence-corrected chi connectivity index (χ1v) is 7.49. The van der Waals surface area contributed by atoms with E-state index in [9.17, 15) is 10.1 Å². The Morgan fingerprint density at radius 1 is 1.43 bits per heavy atom. The number of benzene rings is 1. The summed E-state index contributed by atoms with van der Waals surface area (Å²) in [5, 5.41) is 16.0. The SMILES string of the molecule is COc1ccc(C)cc1C(C)NCc1csc([N+](=O)[O-])c1. The molecule has 1 unspecified atom stereocenters. The highest BCUT2D eigenvalue weighted by atomic mass is 32.1. The van der Waals surface area contributed by atoms with Gasteiger partial charge in [0.25, 0.3) is 0 Å². The Bertz CT molecular complexity index is 640. The van der Waals surface area contributed by atoms with Gasteiger partial charge < -0.3 is 10.1 Å². The van der Waals surface area contributed by atoms with Crippen LogP contribution in [0, 0.1) is 17.0 Å². The van der Waals surface area contributed by atoms with Gasteiger partial charge in [-0.2, -0.15) is 0 Å². The van der Waals surface area contributed by atoms with Crippen molar-refractivity contribution in [3.63, 3.8) is 0 Å². The predicted octanol–water partition coefficient (Wildman–Crippen LogP) is 3.82. The van der Waals surface area contributed by atoms with Gasteiger partial charge in [0.2, 0.25) is 0 Å². The molecule has 1 aromatic carbocycles. The molecule has 0 aliphatic heterocycles. The van der Waals surface area contributed by atoms with Gasteiger partial charge in [0.15, 0.2) is 0 Å². The highest BCUT2D eigenvalue weighted by Crippen LogP contribution is 2.27. The Morgan fingerprint density at radius 3 is 2.81 bits per heavy atom. The molecule has 0 bridgehead atoms. The molecule has 1 N–H and O–H groups in total. The molecule has 21 heavy (non-hydrogen) atoms. The molecule has 1 heterocycles. The lowest BCUT2D eigenvalue weighted by Gasteiger charge is -2.17. The summed E-state index contributed by atoms with van der Waals surface area (Å²) in [5.74, 6) is 0.844. The first-order valence-electron chi connectivity index (χ1n) is 6.61. The minimum absolute atomic E-state index is 0.0961. The molecule has 6 heteroatoms. The predicted molar refractivity (Wildman–Crippen MR) is 84.0 cm³/mol. The summed E-state index contributed by atoms with van der Waals surface area (Å²) in [5.41, 5.74) is 3.18. The zero-order chi connectivity index (χ0) is 15.4. The first-order chi connectivity index (χ1) is 10.0. The van der Waals surface area contributed by atoms with Crippen LogP contribution in [-0.4, -0.2) is 12.0 Å². The molecule has 2 aromatic rings. The normalized spacial score (nSPS) is 12.1. The van der Waals surface area contributed by atoms with Crippen molar-refractivity contribution >= 4 is 16.3 Å². The second-order valence-electron chi connectivity index (χ2n) is 4.90. The van der Waals surface area contributed by atoms with Crippen LogP contribution < -0.4 is 10.1 Å². The molecular formula is C15H18N2O3S. The molecule has 0 saturated carbocycles. The average molecular weight is 306 g/mol. The Morgan fingerprint density at radius 2 is 2.19 bits per heavy atom. The van der Waals surface area contributed by atoms with E-state index < -0.39 is 0 Å². The number of hydrogen-bond donors (Lipinski definition) is 1. The van der Waals surface area contributed by atoms with Crippen molar-refractivity contribution < 1.29 is 9.66 Å². The van der Waals surface area contributed by atoms with Crippen LogP contribution in [0.2, 0.25) is 0 Å². The Labute approximate surface area is 127 Å². The summed E-state index contributed by atoms with van der Waals surface area (Å²) in [6.07, 6.45) is 0. The third-order valence-electron chi connectivity index (χ3n) is 3.28. The minimum Gasteiger partial charge on any atom is -0.496 e. The number of rotatable bonds is 6. The van der Waals surface area contributed by atoms with E-state index in [-0.39, 0.29) is 16.0 Å². The summed E-state index contributed by atoms with van der Waals surface area (Å²) in [6.45, 7) is 4.68. The van der Waals surface area contributed by atoms with Gasteiger partial charge in [-0.1, -0.05) is 29.0 Å². The second kappa shape index (κ2) is 6.69. The molecule has 1 atom stereocenters. The Balaban J connectivity index is 2.05. The largest absolute Gasteiger partial charge is 0.496 e. The van der Waals surface area contributed by atoms with Crippen LogP contribution in [0.5, 0.6) is 5.75 Å². The van der Waals surface area contributed by atoms with E-state index in [1.807, 2.05) is 24.4 Å². The number of nitro groups is 1. The number of hydrogen-bond acceptors (Lipinski definition) is 5. The van der Waals surface area contributed by atoms with Crippen molar-refractivity contribution in [1.29, 1.82) is 0 Å². The third kappa shape index (κ3) is 3.80. The lowest BCUT2D eigenvalue weighted by Crippen LogP contribution is -2.18. The zero-order valence-electron chi connectivity index (χ0n) is 12.3. The van der Waals surface area contributed by atoms with E-state index in [0.717, 1.165) is 28.2 Å². The van der Waals surface area contributed by atoms with Crippen molar-refractivity contribution in [3.8, 4) is 5.75 Å². The second-order valence-corrected chi connectivity index (χ2v) is 5.79. The van der Waals surface area contributed by atoms with Crippen LogP contribution in [0.3, 0.4) is 0 Å². The standard InChI is InChI=1S/C15H18N2O3S/c1-10-4-5-14(20-3)13(6-10)11(2)16-8-12-7-15(17(18)19)21-9-12/h4-7,9,11,16H,8H2,1-3H3. The molecule has 0 spiro atoms. The van der Waals surface area contributed by atoms with Crippen molar-refractivity contribution in [2.24, 2.45) is 0 Å². The molecule has 1 aromatic heterocycles. The van der Waals surface area contributed by atoms with E-state index in [2.05, 4.69) is 18.3 Å². The highest BCUT2D eigenvalue weighted by Gasteiger charge is 2.13. The van der Waals surface area contributed by atoms with Crippen LogP contribution in [0.15, 0.2) is 29.6 Å². The lowest BCUT2D eigenvalue weighted by molar-refractivity contribution is -0.380. The molecule has 0 fully saturated rings. The number of nitrogens with one attached hydrogen (secondary N) is 1. The number of nitrogens with zero attached hydrogens (tertiary/aromatic N) is 1. The molecule has 0 aliphatic rings. The van der Waals surface area contributed by atoms with E-state index in [1.165, 1.54) is 5.56 Å². The molecular weight excluding hydrogens is 288 g/mol. The van der Waals surface area contributed by atoms with Gasteiger partial charge in [-0.25, -0.2) is 0 Å². The Hall–Kier alpha value is -1.92. The molecule has 2 rings (SSSR count). The third-order valence-corrected chi connectivity index (χ3v) is 4.21.